The number of hydrogen-bond acceptors (Lipinski definition) is 29. The molecular formula is C84H138N8O30. The van der Waals surface area contributed by atoms with E-state index in [1.54, 1.807) is 20.8 Å². The van der Waals surface area contributed by atoms with Crippen LogP contribution in [-0.2, 0) is 138 Å². The second-order valence-electron chi connectivity index (χ2n) is 31.1. The molecule has 38 heteroatoms. The van der Waals surface area contributed by atoms with Crippen molar-refractivity contribution < 1.29 is 143 Å². The molecule has 17 atom stereocenters. The van der Waals surface area contributed by atoms with E-state index in [2.05, 4.69) is 42.5 Å². The van der Waals surface area contributed by atoms with Crippen molar-refractivity contribution in [1.82, 2.24) is 42.5 Å². The molecule has 3 rings (SSSR count). The maximum Gasteiger partial charge on any atom is 0.303 e. The summed E-state index contributed by atoms with van der Waals surface area (Å²) in [7, 11) is 0. The van der Waals surface area contributed by atoms with Crippen molar-refractivity contribution in [1.29, 1.82) is 0 Å². The molecule has 0 radical (unpaired) electrons. The van der Waals surface area contributed by atoms with E-state index in [-0.39, 0.29) is 152 Å². The van der Waals surface area contributed by atoms with Gasteiger partial charge in [-0.05, 0) is 109 Å². The Morgan fingerprint density at radius 1 is 0.311 bits per heavy atom. The number of esters is 6. The van der Waals surface area contributed by atoms with Gasteiger partial charge in [0.2, 0.25) is 47.3 Å². The Labute approximate surface area is 715 Å². The van der Waals surface area contributed by atoms with E-state index >= 15 is 0 Å². The number of amides is 8. The Hall–Kier alpha value is -8.85. The van der Waals surface area contributed by atoms with Crippen molar-refractivity contribution in [3.63, 3.8) is 0 Å². The molecule has 0 saturated carbocycles. The molecule has 3 aliphatic heterocycles. The van der Waals surface area contributed by atoms with Gasteiger partial charge in [-0.3, -0.25) is 81.5 Å². The molecule has 38 nitrogen and oxygen atoms in total. The third-order valence-electron chi connectivity index (χ3n) is 20.4. The van der Waals surface area contributed by atoms with Gasteiger partial charge < -0.3 is 104 Å². The van der Waals surface area contributed by atoms with E-state index in [4.69, 9.17) is 61.9 Å². The standard InChI is InChI=1S/C84H138N8O30/c1-13-64-75(114-54(7)96)78(117-57(10)99)72(90-51(4)93)82(120-64)111-46-27-17-22-37-67(104)85-41-26-25-34-62(103)49-60(50-70(107)88-44-31-42-86-68(105)38-23-18-28-47-112-83-73(91-52(5)94)79(118-58(11)100)76(115-55(8)97)65(14-2)121-83)63(36-21-16-20-33-61(102)35-30-40-71(108)109)81(110)89-45-32-43-87-69(106)39-24-19-29-48-113-84-74(92-53(6)95)80(119-59(12)101)77(116-56(9)98)66(15-3)122-84/h60,63-66,72-80,82-84H,13-50H2,1-12H3,(H,85,104)(H,86,105)(H,87,106)(H,88,107)(H,89,110)(H,90,93)(H,91,94)(H,92,95)(H,108,109). The number of carbonyl (C=O) groups excluding carboxylic acids is 16. The summed E-state index contributed by atoms with van der Waals surface area (Å²) in [5, 5.41) is 31.7. The van der Waals surface area contributed by atoms with Crippen molar-refractivity contribution in [3.05, 3.63) is 0 Å². The van der Waals surface area contributed by atoms with Crippen LogP contribution in [0.5, 0.6) is 0 Å². The highest BCUT2D eigenvalue weighted by Gasteiger charge is 2.53. The lowest BCUT2D eigenvalue weighted by Gasteiger charge is -2.45. The molecule has 8 amide bonds. The zero-order chi connectivity index (χ0) is 90.6. The first kappa shape index (κ1) is 107. The van der Waals surface area contributed by atoms with Crippen molar-refractivity contribution in [3.8, 4) is 0 Å². The summed E-state index contributed by atoms with van der Waals surface area (Å²) >= 11 is 0. The molecule has 17 unspecified atom stereocenters. The monoisotopic (exact) mass is 1740 g/mol. The second-order valence-corrected chi connectivity index (χ2v) is 31.1. The third kappa shape index (κ3) is 44.5. The Morgan fingerprint density at radius 3 is 0.959 bits per heavy atom. The lowest BCUT2D eigenvalue weighted by molar-refractivity contribution is -0.272. The maximum atomic E-state index is 14.5. The smallest absolute Gasteiger partial charge is 0.303 e. The van der Waals surface area contributed by atoms with Crippen LogP contribution in [-0.4, -0.2) is 250 Å². The van der Waals surface area contributed by atoms with Gasteiger partial charge in [0.1, 0.15) is 48.0 Å². The van der Waals surface area contributed by atoms with Crippen LogP contribution in [0.2, 0.25) is 0 Å². The van der Waals surface area contributed by atoms with Crippen LogP contribution >= 0.6 is 0 Å². The van der Waals surface area contributed by atoms with Gasteiger partial charge in [0.25, 0.3) is 0 Å². The van der Waals surface area contributed by atoms with Crippen LogP contribution < -0.4 is 42.5 Å². The zero-order valence-electron chi connectivity index (χ0n) is 73.5. The van der Waals surface area contributed by atoms with Gasteiger partial charge in [-0.15, -0.1) is 0 Å². The molecule has 0 bridgehead atoms. The van der Waals surface area contributed by atoms with E-state index in [1.165, 1.54) is 62.3 Å². The molecular weight excluding hydrogens is 1600 g/mol. The van der Waals surface area contributed by atoms with Crippen LogP contribution in [0.15, 0.2) is 0 Å². The van der Waals surface area contributed by atoms with E-state index in [0.29, 0.717) is 122 Å². The van der Waals surface area contributed by atoms with Crippen molar-refractivity contribution in [2.45, 2.75) is 368 Å². The number of carboxylic acid groups (broad SMARTS) is 1. The first-order valence-electron chi connectivity index (χ1n) is 43.3. The van der Waals surface area contributed by atoms with Crippen LogP contribution in [0.1, 0.15) is 276 Å². The number of Topliss-reactive ketones (excluding diaryl/α,β-unsaturated/α-hetero) is 2. The van der Waals surface area contributed by atoms with Crippen LogP contribution in [0.3, 0.4) is 0 Å². The van der Waals surface area contributed by atoms with Gasteiger partial charge in [-0.1, -0.05) is 52.9 Å². The summed E-state index contributed by atoms with van der Waals surface area (Å²) in [5.74, 6) is -9.83. The first-order valence-corrected chi connectivity index (χ1v) is 43.3. The molecule has 9 N–H and O–H groups in total. The molecule has 0 aromatic rings. The van der Waals surface area contributed by atoms with Crippen LogP contribution in [0, 0.1) is 11.8 Å². The highest BCUT2D eigenvalue weighted by molar-refractivity contribution is 5.85. The number of ether oxygens (including phenoxy) is 12. The number of nitrogens with one attached hydrogen (secondary N) is 8. The normalized spacial score (nSPS) is 22.8. The Bertz CT molecular complexity index is 3200. The number of unbranched alkanes of at least 4 members (excludes halogenated alkanes) is 9. The second kappa shape index (κ2) is 60.6. The number of aliphatic carboxylic acids is 1. The number of ketones is 2. The van der Waals surface area contributed by atoms with Gasteiger partial charge in [0.05, 0.1) is 0 Å². The summed E-state index contributed by atoms with van der Waals surface area (Å²) in [4.78, 5) is 215. The van der Waals surface area contributed by atoms with E-state index < -0.39 is 175 Å². The molecule has 0 aromatic carbocycles. The van der Waals surface area contributed by atoms with Crippen molar-refractivity contribution >= 4 is 101 Å². The molecule has 3 saturated heterocycles. The highest BCUT2D eigenvalue weighted by atomic mass is 16.7. The van der Waals surface area contributed by atoms with Crippen LogP contribution in [0.25, 0.3) is 0 Å². The molecule has 122 heavy (non-hydrogen) atoms. The van der Waals surface area contributed by atoms with E-state index in [0.717, 1.165) is 0 Å². The summed E-state index contributed by atoms with van der Waals surface area (Å²) in [6.45, 7) is 17.8. The Kier molecular flexibility index (Phi) is 53.4. The topological polar surface area (TPSA) is 517 Å². The summed E-state index contributed by atoms with van der Waals surface area (Å²) in [6.07, 6.45) is -2.32. The predicted octanol–water partition coefficient (Wildman–Crippen LogP) is 5.11. The Morgan fingerprint density at radius 2 is 0.615 bits per heavy atom. The van der Waals surface area contributed by atoms with Gasteiger partial charge >= 0.3 is 41.8 Å². The summed E-state index contributed by atoms with van der Waals surface area (Å²) in [6, 6.07) is -3.02. The molecule has 0 spiro atoms. The van der Waals surface area contributed by atoms with Gasteiger partial charge in [-0.2, -0.15) is 0 Å². The lowest BCUT2D eigenvalue weighted by atomic mass is 9.80. The minimum Gasteiger partial charge on any atom is -0.481 e. The fraction of sp³-hybridized carbons (Fsp3) is 0.798. The number of carboxylic acids is 1. The van der Waals surface area contributed by atoms with Gasteiger partial charge in [0.15, 0.2) is 55.5 Å². The van der Waals surface area contributed by atoms with Gasteiger partial charge in [0, 0.05) is 179 Å². The molecule has 0 aliphatic carbocycles. The predicted molar refractivity (Wildman–Crippen MR) is 435 cm³/mol. The Balaban J connectivity index is 1.67. The van der Waals surface area contributed by atoms with Crippen molar-refractivity contribution in [2.24, 2.45) is 11.8 Å². The fourth-order valence-corrected chi connectivity index (χ4v) is 14.8. The fourth-order valence-electron chi connectivity index (χ4n) is 14.8. The van der Waals surface area contributed by atoms with E-state index in [9.17, 15) is 81.5 Å². The average molecular weight is 1740 g/mol. The molecule has 0 aromatic heterocycles. The lowest BCUT2D eigenvalue weighted by Crippen LogP contribution is -2.65. The number of rotatable bonds is 62. The quantitative estimate of drug-likeness (QED) is 0.0217. The molecule has 3 aliphatic rings. The van der Waals surface area contributed by atoms with Crippen LogP contribution in [0.4, 0.5) is 0 Å². The third-order valence-corrected chi connectivity index (χ3v) is 20.4. The zero-order valence-corrected chi connectivity index (χ0v) is 73.5. The first-order chi connectivity index (χ1) is 58.1. The molecule has 694 valence electrons. The van der Waals surface area contributed by atoms with Gasteiger partial charge in [-0.25, -0.2) is 0 Å². The summed E-state index contributed by atoms with van der Waals surface area (Å²) in [5.41, 5.74) is 0. The van der Waals surface area contributed by atoms with Crippen molar-refractivity contribution in [2.75, 3.05) is 52.5 Å². The number of hydrogen-bond donors (Lipinski definition) is 9. The minimum absolute atomic E-state index is 0.0656. The van der Waals surface area contributed by atoms with E-state index in [1.807, 2.05) is 0 Å². The highest BCUT2D eigenvalue weighted by Crippen LogP contribution is 2.34. The largest absolute Gasteiger partial charge is 0.481 e. The maximum absolute atomic E-state index is 14.5. The minimum atomic E-state index is -1.10. The molecule has 3 heterocycles. The number of carbonyl (C=O) groups is 17. The average Bonchev–Trinajstić information content (AvgIpc) is 0.798. The molecule has 3 fully saturated rings. The summed E-state index contributed by atoms with van der Waals surface area (Å²) < 4.78 is 69.7. The SMILES string of the molecule is CCC1OC(OCCCCCC(=O)NCCCCC(=O)CC(CC(=O)NCCCNC(=O)CCCCCOC2OC(CC)C(OC(C)=O)C(OC(C)=O)C2NC(C)=O)C(CCCCCC(=O)CCCC(=O)O)C(=O)NCCCNC(=O)CCCCCOC2OC(CC)C(OC(C)=O)C(OC(C)=O)C2NC(C)=O)C(NC(C)=O)C(OC(C)=O)C1OC(C)=O.